The van der Waals surface area contributed by atoms with E-state index in [4.69, 9.17) is 14.0 Å². The zero-order valence-corrected chi connectivity index (χ0v) is 20.0. The second-order valence-corrected chi connectivity index (χ2v) is 8.15. The number of amides is 1. The zero-order valence-electron chi connectivity index (χ0n) is 20.0. The van der Waals surface area contributed by atoms with Crippen LogP contribution < -0.4 is 9.47 Å². The quantitative estimate of drug-likeness (QED) is 0.308. The molecule has 0 saturated heterocycles. The largest absolute Gasteiger partial charge is 0.497 e. The Bertz CT molecular complexity index is 1200. The van der Waals surface area contributed by atoms with E-state index in [0.717, 1.165) is 16.7 Å². The van der Waals surface area contributed by atoms with E-state index in [9.17, 15) is 4.79 Å². The molecule has 0 bridgehead atoms. The summed E-state index contributed by atoms with van der Waals surface area (Å²) in [5.74, 6) is 2.29. The molecule has 180 valence electrons. The van der Waals surface area contributed by atoms with E-state index in [0.29, 0.717) is 55.6 Å². The summed E-state index contributed by atoms with van der Waals surface area (Å²) in [5.41, 5.74) is 2.96. The molecular formula is C28H29N3O4. The van der Waals surface area contributed by atoms with Gasteiger partial charge in [0.1, 0.15) is 11.5 Å². The number of aromatic nitrogens is 2. The van der Waals surface area contributed by atoms with E-state index in [1.807, 2.05) is 77.7 Å². The molecule has 0 aliphatic heterocycles. The van der Waals surface area contributed by atoms with Crippen LogP contribution in [-0.4, -0.2) is 41.7 Å². The Hall–Kier alpha value is -4.13. The van der Waals surface area contributed by atoms with E-state index < -0.39 is 0 Å². The predicted molar refractivity (Wildman–Crippen MR) is 133 cm³/mol. The van der Waals surface area contributed by atoms with E-state index >= 15 is 0 Å². The molecule has 0 saturated carbocycles. The topological polar surface area (TPSA) is 77.7 Å². The highest BCUT2D eigenvalue weighted by Crippen LogP contribution is 2.28. The van der Waals surface area contributed by atoms with Crippen LogP contribution in [-0.2, 0) is 24.2 Å². The summed E-state index contributed by atoms with van der Waals surface area (Å²) in [6.07, 6.45) is 1.60. The molecule has 1 amide bonds. The van der Waals surface area contributed by atoms with E-state index in [1.54, 1.807) is 20.3 Å². The molecule has 0 aliphatic carbocycles. The third-order valence-electron chi connectivity index (χ3n) is 5.71. The SMILES string of the molecule is COc1cc(OC)cc(-c2noc(CCN(Cc3ccccc3)C(=O)CCc3ccccc3)n2)c1. The summed E-state index contributed by atoms with van der Waals surface area (Å²) < 4.78 is 16.2. The first kappa shape index (κ1) is 24.0. The van der Waals surface area contributed by atoms with Crippen molar-refractivity contribution >= 4 is 5.91 Å². The number of hydrogen-bond donors (Lipinski definition) is 0. The summed E-state index contributed by atoms with van der Waals surface area (Å²) >= 11 is 0. The van der Waals surface area contributed by atoms with Crippen LogP contribution in [0.25, 0.3) is 11.4 Å². The van der Waals surface area contributed by atoms with Gasteiger partial charge in [0.15, 0.2) is 0 Å². The molecule has 1 aromatic heterocycles. The number of hydrogen-bond acceptors (Lipinski definition) is 6. The van der Waals surface area contributed by atoms with Gasteiger partial charge < -0.3 is 18.9 Å². The minimum absolute atomic E-state index is 0.0926. The minimum atomic E-state index is 0.0926. The van der Waals surface area contributed by atoms with Gasteiger partial charge in [-0.3, -0.25) is 4.79 Å². The van der Waals surface area contributed by atoms with Gasteiger partial charge in [-0.05, 0) is 29.7 Å². The van der Waals surface area contributed by atoms with Gasteiger partial charge in [0.25, 0.3) is 0 Å². The maximum atomic E-state index is 13.1. The molecule has 4 aromatic rings. The normalized spacial score (nSPS) is 10.7. The van der Waals surface area contributed by atoms with Gasteiger partial charge in [-0.1, -0.05) is 65.8 Å². The fourth-order valence-electron chi connectivity index (χ4n) is 3.79. The Labute approximate surface area is 205 Å². The van der Waals surface area contributed by atoms with Crippen LogP contribution in [0.5, 0.6) is 11.5 Å². The van der Waals surface area contributed by atoms with Crippen molar-refractivity contribution in [2.75, 3.05) is 20.8 Å². The number of methoxy groups -OCH3 is 2. The van der Waals surface area contributed by atoms with Crippen LogP contribution in [0.15, 0.2) is 83.4 Å². The number of ether oxygens (including phenoxy) is 2. The highest BCUT2D eigenvalue weighted by molar-refractivity contribution is 5.76. The summed E-state index contributed by atoms with van der Waals surface area (Å²) in [4.78, 5) is 19.5. The third-order valence-corrected chi connectivity index (χ3v) is 5.71. The second-order valence-electron chi connectivity index (χ2n) is 8.15. The number of aryl methyl sites for hydroxylation is 1. The Morgan fingerprint density at radius 3 is 2.11 bits per heavy atom. The van der Waals surface area contributed by atoms with Crippen LogP contribution in [0, 0.1) is 0 Å². The predicted octanol–water partition coefficient (Wildman–Crippen LogP) is 4.96. The van der Waals surface area contributed by atoms with Gasteiger partial charge in [-0.15, -0.1) is 0 Å². The standard InChI is InChI=1S/C28H29N3O4/c1-33-24-17-23(18-25(19-24)34-2)28-29-26(35-30-28)15-16-31(20-22-11-7-4-8-12-22)27(32)14-13-21-9-5-3-6-10-21/h3-12,17-19H,13-16,20H2,1-2H3. The van der Waals surface area contributed by atoms with Crippen molar-refractivity contribution in [3.8, 4) is 22.9 Å². The fourth-order valence-corrected chi connectivity index (χ4v) is 3.79. The number of carbonyl (C=O) groups is 1. The monoisotopic (exact) mass is 471 g/mol. The summed E-state index contributed by atoms with van der Waals surface area (Å²) in [6, 6.07) is 25.5. The molecule has 3 aromatic carbocycles. The second kappa shape index (κ2) is 11.8. The van der Waals surface area contributed by atoms with Crippen molar-refractivity contribution in [1.29, 1.82) is 0 Å². The Balaban J connectivity index is 1.44. The summed E-state index contributed by atoms with van der Waals surface area (Å²) in [6.45, 7) is 1.01. The van der Waals surface area contributed by atoms with E-state index in [2.05, 4.69) is 10.1 Å². The molecular weight excluding hydrogens is 442 g/mol. The van der Waals surface area contributed by atoms with Crippen molar-refractivity contribution in [2.24, 2.45) is 0 Å². The zero-order chi connectivity index (χ0) is 24.5. The molecule has 0 radical (unpaired) electrons. The van der Waals surface area contributed by atoms with E-state index in [-0.39, 0.29) is 5.91 Å². The van der Waals surface area contributed by atoms with Gasteiger partial charge in [-0.2, -0.15) is 4.98 Å². The van der Waals surface area contributed by atoms with Crippen molar-refractivity contribution in [2.45, 2.75) is 25.8 Å². The Morgan fingerprint density at radius 2 is 1.49 bits per heavy atom. The van der Waals surface area contributed by atoms with Crippen molar-refractivity contribution < 1.29 is 18.8 Å². The lowest BCUT2D eigenvalue weighted by atomic mass is 10.1. The van der Waals surface area contributed by atoms with Crippen LogP contribution in [0.4, 0.5) is 0 Å². The molecule has 0 aliphatic rings. The third kappa shape index (κ3) is 6.69. The molecule has 0 N–H and O–H groups in total. The van der Waals surface area contributed by atoms with Crippen molar-refractivity contribution in [3.05, 3.63) is 95.9 Å². The van der Waals surface area contributed by atoms with Crippen molar-refractivity contribution in [3.63, 3.8) is 0 Å². The molecule has 4 rings (SSSR count). The first-order valence-corrected chi connectivity index (χ1v) is 11.6. The lowest BCUT2D eigenvalue weighted by Gasteiger charge is -2.22. The maximum absolute atomic E-state index is 13.1. The highest BCUT2D eigenvalue weighted by atomic mass is 16.5. The molecule has 0 spiro atoms. The smallest absolute Gasteiger partial charge is 0.228 e. The molecule has 7 heteroatoms. The molecule has 0 fully saturated rings. The average molecular weight is 472 g/mol. The van der Waals surface area contributed by atoms with Crippen molar-refractivity contribution in [1.82, 2.24) is 15.0 Å². The van der Waals surface area contributed by atoms with Gasteiger partial charge in [0.05, 0.1) is 14.2 Å². The molecule has 7 nitrogen and oxygen atoms in total. The van der Waals surface area contributed by atoms with Gasteiger partial charge >= 0.3 is 0 Å². The number of rotatable bonds is 11. The first-order chi connectivity index (χ1) is 17.1. The molecule has 0 atom stereocenters. The van der Waals surface area contributed by atoms with Gasteiger partial charge in [-0.25, -0.2) is 0 Å². The van der Waals surface area contributed by atoms with Crippen LogP contribution in [0.3, 0.4) is 0 Å². The molecule has 1 heterocycles. The number of carbonyl (C=O) groups excluding carboxylic acids is 1. The van der Waals surface area contributed by atoms with Gasteiger partial charge in [0.2, 0.25) is 17.6 Å². The van der Waals surface area contributed by atoms with Crippen LogP contribution >= 0.6 is 0 Å². The summed E-state index contributed by atoms with van der Waals surface area (Å²) in [5, 5.41) is 4.12. The molecule has 35 heavy (non-hydrogen) atoms. The lowest BCUT2D eigenvalue weighted by Crippen LogP contribution is -2.32. The number of benzene rings is 3. The number of nitrogens with zero attached hydrogens (tertiary/aromatic N) is 3. The van der Waals surface area contributed by atoms with E-state index in [1.165, 1.54) is 0 Å². The first-order valence-electron chi connectivity index (χ1n) is 11.6. The van der Waals surface area contributed by atoms with Crippen LogP contribution in [0.2, 0.25) is 0 Å². The Kier molecular flexibility index (Phi) is 8.12. The maximum Gasteiger partial charge on any atom is 0.228 e. The van der Waals surface area contributed by atoms with Crippen LogP contribution in [0.1, 0.15) is 23.4 Å². The lowest BCUT2D eigenvalue weighted by molar-refractivity contribution is -0.131. The average Bonchev–Trinajstić information content (AvgIpc) is 3.39. The van der Waals surface area contributed by atoms with Gasteiger partial charge in [0, 0.05) is 37.6 Å². The Morgan fingerprint density at radius 1 is 0.857 bits per heavy atom. The fraction of sp³-hybridized carbons (Fsp3) is 0.250. The molecule has 0 unspecified atom stereocenters. The minimum Gasteiger partial charge on any atom is -0.497 e. The summed E-state index contributed by atoms with van der Waals surface area (Å²) in [7, 11) is 3.19. The highest BCUT2D eigenvalue weighted by Gasteiger charge is 2.17.